The van der Waals surface area contributed by atoms with Gasteiger partial charge in [-0.15, -0.1) is 11.3 Å². The number of thiophene rings is 1. The van der Waals surface area contributed by atoms with E-state index < -0.39 is 5.97 Å². The van der Waals surface area contributed by atoms with Crippen LogP contribution in [0.2, 0.25) is 5.02 Å². The minimum atomic E-state index is -0.728. The topological polar surface area (TPSA) is 49.3 Å². The Morgan fingerprint density at radius 1 is 1.26 bits per heavy atom. The zero-order valence-electron chi connectivity index (χ0n) is 13.4. The first-order valence-electron chi connectivity index (χ1n) is 7.74. The van der Waals surface area contributed by atoms with E-state index in [4.69, 9.17) is 11.6 Å². The van der Waals surface area contributed by atoms with Crippen molar-refractivity contribution >= 4 is 28.9 Å². The number of hydrogen-bond acceptors (Lipinski definition) is 3. The van der Waals surface area contributed by atoms with Crippen LogP contribution in [0.15, 0.2) is 36.4 Å². The molecule has 5 heteroatoms. The summed E-state index contributed by atoms with van der Waals surface area (Å²) < 4.78 is 0. The van der Waals surface area contributed by atoms with Gasteiger partial charge in [0, 0.05) is 33.4 Å². The molecule has 0 saturated carbocycles. The van der Waals surface area contributed by atoms with Crippen molar-refractivity contribution < 1.29 is 9.90 Å². The van der Waals surface area contributed by atoms with Crippen LogP contribution in [-0.4, -0.2) is 17.6 Å². The molecule has 0 fully saturated rings. The van der Waals surface area contributed by atoms with Crippen molar-refractivity contribution in [1.29, 1.82) is 0 Å². The van der Waals surface area contributed by atoms with Crippen molar-refractivity contribution in [3.63, 3.8) is 0 Å². The van der Waals surface area contributed by atoms with Gasteiger partial charge in [-0.05, 0) is 30.5 Å². The summed E-state index contributed by atoms with van der Waals surface area (Å²) in [5.41, 5.74) is 1.04. The number of halogens is 1. The molecule has 1 heterocycles. The van der Waals surface area contributed by atoms with Crippen molar-refractivity contribution in [3.05, 3.63) is 46.3 Å². The van der Waals surface area contributed by atoms with Gasteiger partial charge >= 0.3 is 5.97 Å². The summed E-state index contributed by atoms with van der Waals surface area (Å²) in [5.74, 6) is -0.682. The molecule has 1 unspecified atom stereocenters. The average molecular weight is 352 g/mol. The van der Waals surface area contributed by atoms with Crippen LogP contribution >= 0.6 is 22.9 Å². The minimum absolute atomic E-state index is 0.335. The van der Waals surface area contributed by atoms with E-state index in [9.17, 15) is 9.90 Å². The molecule has 124 valence electrons. The normalized spacial score (nSPS) is 12.5. The minimum Gasteiger partial charge on any atom is -0.481 e. The lowest BCUT2D eigenvalue weighted by Gasteiger charge is -2.15. The van der Waals surface area contributed by atoms with Crippen LogP contribution in [0.4, 0.5) is 0 Å². The highest BCUT2D eigenvalue weighted by Crippen LogP contribution is 2.33. The van der Waals surface area contributed by atoms with Crippen LogP contribution in [-0.2, 0) is 11.3 Å². The number of carboxylic acid groups (broad SMARTS) is 1. The molecule has 0 saturated heterocycles. The highest BCUT2D eigenvalue weighted by Gasteiger charge is 2.18. The number of nitrogens with one attached hydrogen (secondary N) is 1. The molecule has 2 rings (SSSR count). The maximum Gasteiger partial charge on any atom is 0.307 e. The fourth-order valence-electron chi connectivity index (χ4n) is 2.49. The van der Waals surface area contributed by atoms with E-state index in [2.05, 4.69) is 17.4 Å². The fraction of sp³-hybridized carbons (Fsp3) is 0.389. The Morgan fingerprint density at radius 2 is 2.00 bits per heavy atom. The second kappa shape index (κ2) is 8.48. The lowest BCUT2D eigenvalue weighted by Crippen LogP contribution is -2.29. The van der Waals surface area contributed by atoms with Gasteiger partial charge in [-0.1, -0.05) is 43.6 Å². The number of rotatable bonds is 8. The van der Waals surface area contributed by atoms with Crippen molar-refractivity contribution in [1.82, 2.24) is 5.32 Å². The number of carboxylic acids is 1. The van der Waals surface area contributed by atoms with Gasteiger partial charge in [0.2, 0.25) is 0 Å². The average Bonchev–Trinajstić information content (AvgIpc) is 2.95. The summed E-state index contributed by atoms with van der Waals surface area (Å²) in [7, 11) is 0. The molecular formula is C18H22ClNO2S. The third-order valence-corrected chi connectivity index (χ3v) is 5.04. The molecule has 0 radical (unpaired) electrons. The Balaban J connectivity index is 1.92. The van der Waals surface area contributed by atoms with Gasteiger partial charge in [-0.25, -0.2) is 0 Å². The van der Waals surface area contributed by atoms with E-state index in [1.165, 1.54) is 4.88 Å². The van der Waals surface area contributed by atoms with Crippen molar-refractivity contribution in [2.75, 3.05) is 6.54 Å². The molecule has 23 heavy (non-hydrogen) atoms. The maximum absolute atomic E-state index is 11.3. The largest absolute Gasteiger partial charge is 0.481 e. The predicted molar refractivity (Wildman–Crippen MR) is 97.1 cm³/mol. The predicted octanol–water partition coefficient (Wildman–Crippen LogP) is 4.91. The van der Waals surface area contributed by atoms with E-state index in [0.717, 1.165) is 15.5 Å². The summed E-state index contributed by atoms with van der Waals surface area (Å²) >= 11 is 7.90. The lowest BCUT2D eigenvalue weighted by atomic mass is 9.97. The van der Waals surface area contributed by atoms with Crippen molar-refractivity contribution in [2.24, 2.45) is 11.8 Å². The number of hydrogen-bond donors (Lipinski definition) is 2. The van der Waals surface area contributed by atoms with E-state index in [0.29, 0.717) is 25.4 Å². The quantitative estimate of drug-likeness (QED) is 0.710. The van der Waals surface area contributed by atoms with Crippen LogP contribution in [0.25, 0.3) is 10.4 Å². The molecule has 1 atom stereocenters. The first-order valence-corrected chi connectivity index (χ1v) is 8.94. The second-order valence-electron chi connectivity index (χ2n) is 6.04. The Hall–Kier alpha value is -1.36. The summed E-state index contributed by atoms with van der Waals surface area (Å²) in [6.45, 7) is 5.26. The van der Waals surface area contributed by atoms with Crippen molar-refractivity contribution in [2.45, 2.75) is 26.8 Å². The molecule has 0 aliphatic rings. The Labute approximate surface area is 146 Å². The molecule has 3 nitrogen and oxygen atoms in total. The van der Waals surface area contributed by atoms with Crippen LogP contribution in [0, 0.1) is 11.8 Å². The molecular weight excluding hydrogens is 330 g/mol. The highest BCUT2D eigenvalue weighted by atomic mass is 35.5. The van der Waals surface area contributed by atoms with Crippen LogP contribution in [0.3, 0.4) is 0 Å². The third kappa shape index (κ3) is 5.34. The number of carbonyl (C=O) groups is 1. The third-order valence-electron chi connectivity index (χ3n) is 3.60. The Kier molecular flexibility index (Phi) is 6.63. The van der Waals surface area contributed by atoms with E-state index >= 15 is 0 Å². The summed E-state index contributed by atoms with van der Waals surface area (Å²) in [5, 5.41) is 13.3. The molecule has 2 aromatic rings. The number of benzene rings is 1. The van der Waals surface area contributed by atoms with E-state index in [1.54, 1.807) is 11.3 Å². The molecule has 0 aliphatic heterocycles. The number of aliphatic carboxylic acids is 1. The summed E-state index contributed by atoms with van der Waals surface area (Å²) in [6.07, 6.45) is 0.692. The van der Waals surface area contributed by atoms with Crippen LogP contribution in [0.1, 0.15) is 25.1 Å². The van der Waals surface area contributed by atoms with E-state index in [1.807, 2.05) is 38.1 Å². The van der Waals surface area contributed by atoms with Gasteiger partial charge in [0.05, 0.1) is 5.92 Å². The maximum atomic E-state index is 11.3. The molecule has 1 aromatic heterocycles. The molecule has 2 N–H and O–H groups in total. The van der Waals surface area contributed by atoms with Gasteiger partial charge in [-0.3, -0.25) is 4.79 Å². The summed E-state index contributed by atoms with van der Waals surface area (Å²) in [4.78, 5) is 13.6. The van der Waals surface area contributed by atoms with Crippen LogP contribution < -0.4 is 5.32 Å². The molecule has 0 amide bonds. The Bertz CT molecular complexity index is 654. The first kappa shape index (κ1) is 18.0. The van der Waals surface area contributed by atoms with Gasteiger partial charge in [0.25, 0.3) is 0 Å². The lowest BCUT2D eigenvalue weighted by molar-refractivity contribution is -0.142. The molecule has 1 aromatic carbocycles. The molecule has 0 bridgehead atoms. The van der Waals surface area contributed by atoms with E-state index in [-0.39, 0.29) is 5.92 Å². The SMILES string of the molecule is CC(C)CC(CNCc1ccc(-c2ccccc2Cl)s1)C(=O)O. The van der Waals surface area contributed by atoms with Crippen molar-refractivity contribution in [3.8, 4) is 10.4 Å². The first-order chi connectivity index (χ1) is 11.0. The summed E-state index contributed by atoms with van der Waals surface area (Å²) in [6, 6.07) is 11.9. The van der Waals surface area contributed by atoms with Gasteiger partial charge < -0.3 is 10.4 Å². The zero-order chi connectivity index (χ0) is 16.8. The second-order valence-corrected chi connectivity index (χ2v) is 7.62. The molecule has 0 aliphatic carbocycles. The standard InChI is InChI=1S/C18H22ClNO2S/c1-12(2)9-13(18(21)22)10-20-11-14-7-8-17(23-14)15-5-3-4-6-16(15)19/h3-8,12-13,20H,9-11H2,1-2H3,(H,21,22). The van der Waals surface area contributed by atoms with Crippen LogP contribution in [0.5, 0.6) is 0 Å². The smallest absolute Gasteiger partial charge is 0.307 e. The monoisotopic (exact) mass is 351 g/mol. The zero-order valence-corrected chi connectivity index (χ0v) is 15.0. The fourth-order valence-corrected chi connectivity index (χ4v) is 3.80. The van der Waals surface area contributed by atoms with Gasteiger partial charge in [0.1, 0.15) is 0 Å². The molecule has 0 spiro atoms. The highest BCUT2D eigenvalue weighted by molar-refractivity contribution is 7.15. The van der Waals surface area contributed by atoms with Gasteiger partial charge in [-0.2, -0.15) is 0 Å². The Morgan fingerprint density at radius 3 is 2.65 bits per heavy atom. The van der Waals surface area contributed by atoms with Gasteiger partial charge in [0.15, 0.2) is 0 Å².